The summed E-state index contributed by atoms with van der Waals surface area (Å²) in [6.45, 7) is 9.84. The molecule has 2 rings (SSSR count). The topological polar surface area (TPSA) is 48.0 Å². The quantitative estimate of drug-likeness (QED) is 0.303. The summed E-state index contributed by atoms with van der Waals surface area (Å²) in [6.07, 6.45) is 6.48. The lowest BCUT2D eigenvalue weighted by atomic mass is 9.95. The van der Waals surface area contributed by atoms with Crippen molar-refractivity contribution in [1.82, 2.24) is 0 Å². The molecule has 0 spiro atoms. The van der Waals surface area contributed by atoms with E-state index in [1.807, 2.05) is 19.1 Å². The van der Waals surface area contributed by atoms with E-state index in [2.05, 4.69) is 24.8 Å². The van der Waals surface area contributed by atoms with E-state index in [0.29, 0.717) is 11.5 Å². The van der Waals surface area contributed by atoms with Crippen molar-refractivity contribution in [3.05, 3.63) is 29.3 Å². The number of anilines is 1. The molecule has 0 aliphatic carbocycles. The van der Waals surface area contributed by atoms with Crippen molar-refractivity contribution in [1.29, 1.82) is 0 Å². The lowest BCUT2D eigenvalue weighted by Gasteiger charge is -2.37. The fourth-order valence-corrected chi connectivity index (χ4v) is 3.62. The minimum atomic E-state index is -0.279. The Balaban J connectivity index is 1.93. The molecular weight excluding hydrogens is 354 g/mol. The second kappa shape index (κ2) is 12.1. The number of ether oxygens (including phenoxy) is 3. The lowest BCUT2D eigenvalue weighted by molar-refractivity contribution is -0.177. The Morgan fingerprint density at radius 1 is 1.11 bits per heavy atom. The molecule has 0 saturated carbocycles. The highest BCUT2D eigenvalue weighted by molar-refractivity contribution is 5.91. The fraction of sp³-hybridized carbons (Fsp3) is 0.696. The molecule has 1 aromatic carbocycles. The fourth-order valence-electron chi connectivity index (χ4n) is 3.62. The van der Waals surface area contributed by atoms with Gasteiger partial charge >= 0.3 is 5.97 Å². The number of hydrogen-bond donors (Lipinski definition) is 0. The molecule has 158 valence electrons. The second-order valence-corrected chi connectivity index (χ2v) is 7.63. The first kappa shape index (κ1) is 22.7. The largest absolute Gasteiger partial charge is 0.465 e. The van der Waals surface area contributed by atoms with Gasteiger partial charge in [0, 0.05) is 37.9 Å². The van der Waals surface area contributed by atoms with Crippen LogP contribution in [0.4, 0.5) is 5.69 Å². The van der Waals surface area contributed by atoms with Crippen LogP contribution in [0.5, 0.6) is 0 Å². The zero-order valence-corrected chi connectivity index (χ0v) is 18.0. The summed E-state index contributed by atoms with van der Waals surface area (Å²) in [5.41, 5.74) is 2.75. The Hall–Kier alpha value is -1.59. The predicted octanol–water partition coefficient (Wildman–Crippen LogP) is 4.96. The lowest BCUT2D eigenvalue weighted by Crippen LogP contribution is -2.40. The highest BCUT2D eigenvalue weighted by Gasteiger charge is 2.28. The number of carbonyl (C=O) groups excluding carboxylic acids is 1. The van der Waals surface area contributed by atoms with Gasteiger partial charge in [-0.25, -0.2) is 4.79 Å². The third-order valence-electron chi connectivity index (χ3n) is 5.46. The van der Waals surface area contributed by atoms with Gasteiger partial charge in [0.05, 0.1) is 12.7 Å². The third-order valence-corrected chi connectivity index (χ3v) is 5.46. The number of esters is 1. The van der Waals surface area contributed by atoms with E-state index in [0.717, 1.165) is 70.4 Å². The maximum Gasteiger partial charge on any atom is 0.338 e. The van der Waals surface area contributed by atoms with Gasteiger partial charge in [0.1, 0.15) is 0 Å². The summed E-state index contributed by atoms with van der Waals surface area (Å²) in [4.78, 5) is 14.2. The molecule has 0 radical (unpaired) electrons. The van der Waals surface area contributed by atoms with Crippen molar-refractivity contribution < 1.29 is 19.0 Å². The van der Waals surface area contributed by atoms with E-state index in [4.69, 9.17) is 14.2 Å². The number of rotatable bonds is 11. The first-order valence-electron chi connectivity index (χ1n) is 10.8. The monoisotopic (exact) mass is 391 g/mol. The van der Waals surface area contributed by atoms with Crippen molar-refractivity contribution in [2.75, 3.05) is 38.3 Å². The van der Waals surface area contributed by atoms with E-state index in [9.17, 15) is 4.79 Å². The summed E-state index contributed by atoms with van der Waals surface area (Å²) in [6, 6.07) is 5.97. The molecule has 1 fully saturated rings. The number of carbonyl (C=O) groups is 1. The Bertz CT molecular complexity index is 586. The van der Waals surface area contributed by atoms with Crippen LogP contribution in [-0.4, -0.2) is 45.7 Å². The summed E-state index contributed by atoms with van der Waals surface area (Å²) >= 11 is 0. The van der Waals surface area contributed by atoms with Gasteiger partial charge in [0.2, 0.25) is 0 Å². The molecule has 5 nitrogen and oxygen atoms in total. The van der Waals surface area contributed by atoms with Crippen LogP contribution in [0.15, 0.2) is 18.2 Å². The summed E-state index contributed by atoms with van der Waals surface area (Å²) in [7, 11) is 1.42. The van der Waals surface area contributed by atoms with E-state index in [1.54, 1.807) is 0 Å². The van der Waals surface area contributed by atoms with Crippen LogP contribution in [0.25, 0.3) is 0 Å². The Morgan fingerprint density at radius 2 is 1.71 bits per heavy atom. The Labute approximate surface area is 170 Å². The molecule has 1 aliphatic rings. The Morgan fingerprint density at radius 3 is 2.21 bits per heavy atom. The van der Waals surface area contributed by atoms with Crippen molar-refractivity contribution in [2.45, 2.75) is 65.6 Å². The third kappa shape index (κ3) is 6.49. The van der Waals surface area contributed by atoms with E-state index >= 15 is 0 Å². The first-order valence-corrected chi connectivity index (χ1v) is 10.8. The molecule has 1 aliphatic heterocycles. The predicted molar refractivity (Wildman–Crippen MR) is 113 cm³/mol. The molecule has 5 heteroatoms. The molecule has 0 bridgehead atoms. The van der Waals surface area contributed by atoms with E-state index in [-0.39, 0.29) is 12.3 Å². The van der Waals surface area contributed by atoms with Gasteiger partial charge in [-0.3, -0.25) is 0 Å². The van der Waals surface area contributed by atoms with Gasteiger partial charge in [0.15, 0.2) is 6.29 Å². The molecule has 0 amide bonds. The minimum Gasteiger partial charge on any atom is -0.465 e. The number of hydrogen-bond acceptors (Lipinski definition) is 5. The molecule has 0 atom stereocenters. The minimum absolute atomic E-state index is 0.0799. The summed E-state index contributed by atoms with van der Waals surface area (Å²) < 4.78 is 17.0. The zero-order valence-electron chi connectivity index (χ0n) is 18.0. The van der Waals surface area contributed by atoms with Crippen LogP contribution in [-0.2, 0) is 14.2 Å². The van der Waals surface area contributed by atoms with Gasteiger partial charge in [-0.2, -0.15) is 0 Å². The molecule has 1 saturated heterocycles. The average molecular weight is 392 g/mol. The van der Waals surface area contributed by atoms with Crippen molar-refractivity contribution in [3.63, 3.8) is 0 Å². The SMILES string of the molecule is CCCCOC(OCCCC)C1CCN(c2ccc(C(=O)OC)c(C)c2)CC1. The molecule has 0 unspecified atom stereocenters. The Kier molecular flexibility index (Phi) is 9.79. The number of methoxy groups -OCH3 is 1. The number of aryl methyl sites for hydroxylation is 1. The number of piperidine rings is 1. The van der Waals surface area contributed by atoms with Crippen LogP contribution in [0, 0.1) is 12.8 Å². The molecule has 1 heterocycles. The van der Waals surface area contributed by atoms with Crippen LogP contribution in [0.2, 0.25) is 0 Å². The molecule has 0 N–H and O–H groups in total. The van der Waals surface area contributed by atoms with Gasteiger partial charge in [-0.05, 0) is 56.4 Å². The van der Waals surface area contributed by atoms with Crippen molar-refractivity contribution in [2.24, 2.45) is 5.92 Å². The van der Waals surface area contributed by atoms with Crippen LogP contribution >= 0.6 is 0 Å². The number of benzene rings is 1. The van der Waals surface area contributed by atoms with Gasteiger partial charge in [-0.1, -0.05) is 26.7 Å². The smallest absolute Gasteiger partial charge is 0.338 e. The number of nitrogens with zero attached hydrogens (tertiary/aromatic N) is 1. The maximum atomic E-state index is 11.8. The summed E-state index contributed by atoms with van der Waals surface area (Å²) in [5, 5.41) is 0. The normalized spacial score (nSPS) is 15.2. The van der Waals surface area contributed by atoms with Crippen molar-refractivity contribution >= 4 is 11.7 Å². The maximum absolute atomic E-state index is 11.8. The van der Waals surface area contributed by atoms with Crippen molar-refractivity contribution in [3.8, 4) is 0 Å². The molecule has 1 aromatic rings. The van der Waals surface area contributed by atoms with Gasteiger partial charge in [-0.15, -0.1) is 0 Å². The van der Waals surface area contributed by atoms with E-state index < -0.39 is 0 Å². The molecule has 0 aromatic heterocycles. The molecular formula is C23H37NO4. The average Bonchev–Trinajstić information content (AvgIpc) is 2.72. The summed E-state index contributed by atoms with van der Waals surface area (Å²) in [5.74, 6) is 0.166. The van der Waals surface area contributed by atoms with Crippen LogP contribution in [0.3, 0.4) is 0 Å². The molecule has 28 heavy (non-hydrogen) atoms. The highest BCUT2D eigenvalue weighted by Crippen LogP contribution is 2.28. The standard InChI is InChI=1S/C23H37NO4/c1-5-7-15-27-23(28-16-8-6-2)19-11-13-24(14-12-19)20-9-10-21(18(3)17-20)22(25)26-4/h9-10,17,19,23H,5-8,11-16H2,1-4H3. The van der Waals surface area contributed by atoms with Gasteiger partial charge in [0.25, 0.3) is 0 Å². The van der Waals surface area contributed by atoms with E-state index in [1.165, 1.54) is 12.8 Å². The highest BCUT2D eigenvalue weighted by atomic mass is 16.7. The first-order chi connectivity index (χ1) is 13.6. The van der Waals surface area contributed by atoms with Crippen LogP contribution in [0.1, 0.15) is 68.3 Å². The van der Waals surface area contributed by atoms with Gasteiger partial charge < -0.3 is 19.1 Å². The second-order valence-electron chi connectivity index (χ2n) is 7.63. The van der Waals surface area contributed by atoms with Crippen LogP contribution < -0.4 is 4.90 Å². The zero-order chi connectivity index (χ0) is 20.4. The number of unbranched alkanes of at least 4 members (excludes halogenated alkanes) is 2.